The van der Waals surface area contributed by atoms with Crippen LogP contribution in [-0.2, 0) is 0 Å². The molecule has 1 aromatic rings. The molecule has 0 bridgehead atoms. The second kappa shape index (κ2) is 4.86. The van der Waals surface area contributed by atoms with E-state index >= 15 is 0 Å². The average molecular weight is 181 g/mol. The first-order chi connectivity index (χ1) is 5.88. The molecule has 1 rings (SSSR count). The highest BCUT2D eigenvalue weighted by atomic mass is 32.1. The molecule has 3 nitrogen and oxygen atoms in total. The van der Waals surface area contributed by atoms with Gasteiger partial charge in [-0.25, -0.2) is 0 Å². The molecule has 0 aliphatic heterocycles. The number of rotatable bonds is 4. The first-order valence-electron chi connectivity index (χ1n) is 3.76. The normalized spacial score (nSPS) is 12.3. The second-order valence-electron chi connectivity index (χ2n) is 2.41. The van der Waals surface area contributed by atoms with Gasteiger partial charge in [-0.15, -0.1) is 17.4 Å². The van der Waals surface area contributed by atoms with E-state index in [-0.39, 0.29) is 6.04 Å². The number of aromatic nitrogens is 2. The van der Waals surface area contributed by atoms with Gasteiger partial charge in [-0.2, -0.15) is 0 Å². The highest BCUT2D eigenvalue weighted by molar-refractivity contribution is 7.03. The summed E-state index contributed by atoms with van der Waals surface area (Å²) < 4.78 is 3.80. The molecule has 0 fully saturated rings. The molecule has 0 aliphatic rings. The molecule has 0 aromatic carbocycles. The lowest BCUT2D eigenvalue weighted by Gasteiger charge is -2.10. The van der Waals surface area contributed by atoms with Crippen molar-refractivity contribution in [1.29, 1.82) is 0 Å². The van der Waals surface area contributed by atoms with E-state index in [0.29, 0.717) is 0 Å². The number of hydrogen-bond acceptors (Lipinski definition) is 4. The van der Waals surface area contributed by atoms with E-state index in [9.17, 15) is 0 Å². The minimum Gasteiger partial charge on any atom is -0.312 e. The van der Waals surface area contributed by atoms with Crippen LogP contribution in [0.5, 0.6) is 0 Å². The molecule has 4 heteroatoms. The summed E-state index contributed by atoms with van der Waals surface area (Å²) >= 11 is 1.36. The van der Waals surface area contributed by atoms with E-state index in [2.05, 4.69) is 20.8 Å². The fraction of sp³-hybridized carbons (Fsp3) is 0.500. The van der Waals surface area contributed by atoms with Crippen molar-refractivity contribution in [2.45, 2.75) is 18.9 Å². The third-order valence-corrected chi connectivity index (χ3v) is 2.18. The maximum absolute atomic E-state index is 5.17. The molecule has 1 N–H and O–H groups in total. The van der Waals surface area contributed by atoms with Gasteiger partial charge in [0.05, 0.1) is 11.7 Å². The Kier molecular flexibility index (Phi) is 3.71. The molecular formula is C8H11N3S. The Labute approximate surface area is 76.4 Å². The maximum Gasteiger partial charge on any atom is 0.0924 e. The van der Waals surface area contributed by atoms with Crippen molar-refractivity contribution in [3.63, 3.8) is 0 Å². The Morgan fingerprint density at radius 2 is 2.67 bits per heavy atom. The first-order valence-corrected chi connectivity index (χ1v) is 4.59. The molecule has 0 saturated heterocycles. The summed E-state index contributed by atoms with van der Waals surface area (Å²) in [5, 5.41) is 9.07. The number of nitrogens with one attached hydrogen (secondary N) is 1. The molecule has 12 heavy (non-hydrogen) atoms. The summed E-state index contributed by atoms with van der Waals surface area (Å²) in [6, 6.07) is 0.250. The lowest BCUT2D eigenvalue weighted by molar-refractivity contribution is 0.543. The fourth-order valence-corrected chi connectivity index (χ4v) is 1.50. The highest BCUT2D eigenvalue weighted by Gasteiger charge is 2.10. The molecule has 0 amide bonds. The van der Waals surface area contributed by atoms with Crippen LogP contribution in [0.4, 0.5) is 0 Å². The Balaban J connectivity index is 2.52. The zero-order valence-electron chi connectivity index (χ0n) is 6.95. The van der Waals surface area contributed by atoms with Crippen molar-refractivity contribution in [3.05, 3.63) is 11.1 Å². The summed E-state index contributed by atoms with van der Waals surface area (Å²) in [7, 11) is 1.90. The predicted octanol–water partition coefficient (Wildman–Crippen LogP) is 1.21. The van der Waals surface area contributed by atoms with Crippen molar-refractivity contribution in [3.8, 4) is 12.3 Å². The van der Waals surface area contributed by atoms with Gasteiger partial charge < -0.3 is 5.32 Å². The molecule has 1 heterocycles. The van der Waals surface area contributed by atoms with Gasteiger partial charge in [0.2, 0.25) is 0 Å². The van der Waals surface area contributed by atoms with E-state index in [4.69, 9.17) is 6.42 Å². The number of terminal acetylenes is 1. The fourth-order valence-electron chi connectivity index (χ4n) is 0.991. The third-order valence-electron chi connectivity index (χ3n) is 1.66. The van der Waals surface area contributed by atoms with Crippen molar-refractivity contribution in [1.82, 2.24) is 14.9 Å². The van der Waals surface area contributed by atoms with E-state index in [1.807, 2.05) is 12.4 Å². The molecule has 0 radical (unpaired) electrons. The van der Waals surface area contributed by atoms with Gasteiger partial charge in [-0.3, -0.25) is 0 Å². The van der Waals surface area contributed by atoms with Crippen molar-refractivity contribution >= 4 is 11.5 Å². The SMILES string of the molecule is C#CCCC(NC)c1csnn1. The van der Waals surface area contributed by atoms with Gasteiger partial charge in [0.25, 0.3) is 0 Å². The average Bonchev–Trinajstić information content (AvgIpc) is 2.59. The van der Waals surface area contributed by atoms with E-state index in [1.54, 1.807) is 0 Å². The van der Waals surface area contributed by atoms with Crippen molar-refractivity contribution in [2.24, 2.45) is 0 Å². The molecule has 64 valence electrons. The summed E-state index contributed by atoms with van der Waals surface area (Å²) in [6.07, 6.45) is 6.86. The highest BCUT2D eigenvalue weighted by Crippen LogP contribution is 2.15. The molecule has 0 spiro atoms. The van der Waals surface area contributed by atoms with Crippen LogP contribution >= 0.6 is 11.5 Å². The number of nitrogens with zero attached hydrogens (tertiary/aromatic N) is 2. The monoisotopic (exact) mass is 181 g/mol. The predicted molar refractivity (Wildman–Crippen MR) is 49.8 cm³/mol. The molecule has 1 atom stereocenters. The smallest absolute Gasteiger partial charge is 0.0924 e. The maximum atomic E-state index is 5.17. The zero-order chi connectivity index (χ0) is 8.81. The Hall–Kier alpha value is -0.920. The first kappa shape index (κ1) is 9.17. The topological polar surface area (TPSA) is 37.8 Å². The minimum atomic E-state index is 0.250. The van der Waals surface area contributed by atoms with Crippen LogP contribution in [0.1, 0.15) is 24.6 Å². The van der Waals surface area contributed by atoms with Gasteiger partial charge in [0, 0.05) is 11.8 Å². The number of hydrogen-bond donors (Lipinski definition) is 1. The molecule has 0 aliphatic carbocycles. The van der Waals surface area contributed by atoms with Gasteiger partial charge in [0.15, 0.2) is 0 Å². The quantitative estimate of drug-likeness (QED) is 0.709. The van der Waals surface area contributed by atoms with E-state index in [1.165, 1.54) is 11.5 Å². The van der Waals surface area contributed by atoms with E-state index in [0.717, 1.165) is 18.5 Å². The van der Waals surface area contributed by atoms with Gasteiger partial charge >= 0.3 is 0 Å². The molecule has 0 saturated carbocycles. The molecular weight excluding hydrogens is 170 g/mol. The van der Waals surface area contributed by atoms with Crippen LogP contribution in [0, 0.1) is 12.3 Å². The van der Waals surface area contributed by atoms with Gasteiger partial charge in [-0.1, -0.05) is 4.49 Å². The van der Waals surface area contributed by atoms with Crippen molar-refractivity contribution < 1.29 is 0 Å². The molecule has 1 unspecified atom stereocenters. The van der Waals surface area contributed by atoms with E-state index < -0.39 is 0 Å². The standard InChI is InChI=1S/C8H11N3S/c1-3-4-5-7(9-2)8-6-12-11-10-8/h1,6-7,9H,4-5H2,2H3. The zero-order valence-corrected chi connectivity index (χ0v) is 7.77. The summed E-state index contributed by atoms with van der Waals surface area (Å²) in [5.74, 6) is 2.61. The lowest BCUT2D eigenvalue weighted by Crippen LogP contribution is -2.16. The summed E-state index contributed by atoms with van der Waals surface area (Å²) in [5.41, 5.74) is 0.984. The van der Waals surface area contributed by atoms with Crippen LogP contribution in [0.25, 0.3) is 0 Å². The van der Waals surface area contributed by atoms with Crippen LogP contribution < -0.4 is 5.32 Å². The lowest BCUT2D eigenvalue weighted by atomic mass is 10.1. The van der Waals surface area contributed by atoms with Crippen LogP contribution in [0.15, 0.2) is 5.38 Å². The van der Waals surface area contributed by atoms with Gasteiger partial charge in [0.1, 0.15) is 0 Å². The molecule has 1 aromatic heterocycles. The van der Waals surface area contributed by atoms with Crippen molar-refractivity contribution in [2.75, 3.05) is 7.05 Å². The van der Waals surface area contributed by atoms with Crippen LogP contribution in [0.2, 0.25) is 0 Å². The largest absolute Gasteiger partial charge is 0.312 e. The summed E-state index contributed by atoms with van der Waals surface area (Å²) in [4.78, 5) is 0. The Morgan fingerprint density at radius 3 is 3.17 bits per heavy atom. The minimum absolute atomic E-state index is 0.250. The third kappa shape index (κ3) is 2.29. The Morgan fingerprint density at radius 1 is 1.83 bits per heavy atom. The Bertz CT molecular complexity index is 250. The second-order valence-corrected chi connectivity index (χ2v) is 3.02. The summed E-state index contributed by atoms with van der Waals surface area (Å²) in [6.45, 7) is 0. The van der Waals surface area contributed by atoms with Crippen LogP contribution in [-0.4, -0.2) is 16.6 Å². The van der Waals surface area contributed by atoms with Gasteiger partial charge in [-0.05, 0) is 25.0 Å². The van der Waals surface area contributed by atoms with Crippen LogP contribution in [0.3, 0.4) is 0 Å².